The number of rotatable bonds is 4. The maximum Gasteiger partial charge on any atom is 0.227 e. The van der Waals surface area contributed by atoms with Gasteiger partial charge in [0.05, 0.1) is 18.9 Å². The van der Waals surface area contributed by atoms with Gasteiger partial charge in [-0.25, -0.2) is 4.98 Å². The number of aromatic nitrogens is 2. The second-order valence-corrected chi connectivity index (χ2v) is 4.42. The van der Waals surface area contributed by atoms with Gasteiger partial charge in [0.1, 0.15) is 5.82 Å². The Hall–Kier alpha value is -1.36. The standard InChI is InChI=1S/C12H20N4O/c1-4-6-13-11-9-8-17-7-5-10(9)14-12(15-11)16(2)3/h4-8H2,1-3H3,(H,13,14,15). The lowest BCUT2D eigenvalue weighted by Gasteiger charge is -2.21. The number of hydrogen-bond donors (Lipinski definition) is 1. The maximum atomic E-state index is 5.48. The van der Waals surface area contributed by atoms with Crippen molar-refractivity contribution in [3.8, 4) is 0 Å². The Morgan fingerprint density at radius 3 is 2.88 bits per heavy atom. The second kappa shape index (κ2) is 5.31. The molecular formula is C12H20N4O. The normalized spacial score (nSPS) is 14.3. The maximum absolute atomic E-state index is 5.48. The molecule has 0 unspecified atom stereocenters. The minimum absolute atomic E-state index is 0.620. The van der Waals surface area contributed by atoms with Gasteiger partial charge in [0.25, 0.3) is 0 Å². The van der Waals surface area contributed by atoms with Gasteiger partial charge < -0.3 is 15.0 Å². The Bertz CT molecular complexity index is 392. The van der Waals surface area contributed by atoms with Gasteiger partial charge in [0.15, 0.2) is 0 Å². The summed E-state index contributed by atoms with van der Waals surface area (Å²) in [6.07, 6.45) is 1.95. The van der Waals surface area contributed by atoms with E-state index in [-0.39, 0.29) is 0 Å². The highest BCUT2D eigenvalue weighted by Gasteiger charge is 2.18. The lowest BCUT2D eigenvalue weighted by molar-refractivity contribution is 0.109. The molecule has 94 valence electrons. The Balaban J connectivity index is 2.35. The van der Waals surface area contributed by atoms with Crippen molar-refractivity contribution in [3.05, 3.63) is 11.3 Å². The van der Waals surface area contributed by atoms with Crippen molar-refractivity contribution in [1.29, 1.82) is 0 Å². The van der Waals surface area contributed by atoms with Gasteiger partial charge >= 0.3 is 0 Å². The fraction of sp³-hybridized carbons (Fsp3) is 0.667. The number of nitrogens with zero attached hydrogens (tertiary/aromatic N) is 3. The summed E-state index contributed by atoms with van der Waals surface area (Å²) in [5.41, 5.74) is 2.24. The van der Waals surface area contributed by atoms with E-state index in [0.29, 0.717) is 6.61 Å². The molecule has 0 spiro atoms. The fourth-order valence-electron chi connectivity index (χ4n) is 1.81. The van der Waals surface area contributed by atoms with E-state index >= 15 is 0 Å². The third-order valence-corrected chi connectivity index (χ3v) is 2.75. The molecule has 0 radical (unpaired) electrons. The topological polar surface area (TPSA) is 50.3 Å². The van der Waals surface area contributed by atoms with Crippen molar-refractivity contribution in [2.45, 2.75) is 26.4 Å². The lowest BCUT2D eigenvalue weighted by atomic mass is 10.1. The van der Waals surface area contributed by atoms with Gasteiger partial charge in [-0.05, 0) is 6.42 Å². The molecule has 2 heterocycles. The van der Waals surface area contributed by atoms with E-state index in [9.17, 15) is 0 Å². The molecule has 0 amide bonds. The first kappa shape index (κ1) is 12.1. The molecule has 0 bridgehead atoms. The van der Waals surface area contributed by atoms with Crippen molar-refractivity contribution < 1.29 is 4.74 Å². The molecule has 1 aromatic rings. The summed E-state index contributed by atoms with van der Waals surface area (Å²) in [6.45, 7) is 4.44. The van der Waals surface area contributed by atoms with E-state index in [2.05, 4.69) is 22.2 Å². The van der Waals surface area contributed by atoms with Crippen molar-refractivity contribution in [1.82, 2.24) is 9.97 Å². The smallest absolute Gasteiger partial charge is 0.227 e. The predicted molar refractivity (Wildman–Crippen MR) is 68.5 cm³/mol. The molecule has 0 saturated carbocycles. The number of nitrogens with one attached hydrogen (secondary N) is 1. The van der Waals surface area contributed by atoms with Crippen molar-refractivity contribution >= 4 is 11.8 Å². The van der Waals surface area contributed by atoms with Crippen LogP contribution in [0.5, 0.6) is 0 Å². The Labute approximate surface area is 102 Å². The van der Waals surface area contributed by atoms with Crippen molar-refractivity contribution in [3.63, 3.8) is 0 Å². The van der Waals surface area contributed by atoms with Crippen molar-refractivity contribution in [2.24, 2.45) is 0 Å². The van der Waals surface area contributed by atoms with Gasteiger partial charge in [0.2, 0.25) is 5.95 Å². The van der Waals surface area contributed by atoms with Crippen LogP contribution in [0.2, 0.25) is 0 Å². The molecular weight excluding hydrogens is 216 g/mol. The Kier molecular flexibility index (Phi) is 3.78. The zero-order valence-electron chi connectivity index (χ0n) is 10.8. The molecule has 1 aromatic heterocycles. The number of hydrogen-bond acceptors (Lipinski definition) is 5. The van der Waals surface area contributed by atoms with E-state index in [4.69, 9.17) is 4.74 Å². The molecule has 2 rings (SSSR count). The highest BCUT2D eigenvalue weighted by molar-refractivity contribution is 5.51. The number of fused-ring (bicyclic) bond motifs is 1. The van der Waals surface area contributed by atoms with E-state index in [1.54, 1.807) is 0 Å². The zero-order valence-corrected chi connectivity index (χ0v) is 10.8. The molecule has 5 heteroatoms. The van der Waals surface area contributed by atoms with Gasteiger partial charge in [0, 0.05) is 32.6 Å². The van der Waals surface area contributed by atoms with E-state index in [1.165, 1.54) is 0 Å². The summed E-state index contributed by atoms with van der Waals surface area (Å²) < 4.78 is 5.48. The minimum Gasteiger partial charge on any atom is -0.376 e. The SMILES string of the molecule is CCCNc1nc(N(C)C)nc2c1COCC2. The first-order valence-electron chi connectivity index (χ1n) is 6.11. The molecule has 0 atom stereocenters. The molecule has 0 fully saturated rings. The molecule has 0 saturated heterocycles. The Morgan fingerprint density at radius 2 is 2.18 bits per heavy atom. The number of ether oxygens (including phenoxy) is 1. The highest BCUT2D eigenvalue weighted by atomic mass is 16.5. The van der Waals surface area contributed by atoms with Crippen LogP contribution < -0.4 is 10.2 Å². The first-order valence-corrected chi connectivity index (χ1v) is 6.11. The van der Waals surface area contributed by atoms with Crippen LogP contribution in [0.25, 0.3) is 0 Å². The summed E-state index contributed by atoms with van der Waals surface area (Å²) in [7, 11) is 3.93. The minimum atomic E-state index is 0.620. The molecule has 5 nitrogen and oxygen atoms in total. The van der Waals surface area contributed by atoms with Crippen LogP contribution in [0.4, 0.5) is 11.8 Å². The molecule has 1 aliphatic heterocycles. The summed E-state index contributed by atoms with van der Waals surface area (Å²) in [5, 5.41) is 3.36. The van der Waals surface area contributed by atoms with Crippen LogP contribution in [-0.2, 0) is 17.8 Å². The van der Waals surface area contributed by atoms with E-state index in [0.717, 1.165) is 49.0 Å². The molecule has 0 aromatic carbocycles. The summed E-state index contributed by atoms with van der Waals surface area (Å²) in [5.74, 6) is 1.70. The highest BCUT2D eigenvalue weighted by Crippen LogP contribution is 2.24. The number of anilines is 2. The second-order valence-electron chi connectivity index (χ2n) is 4.42. The molecule has 0 aliphatic carbocycles. The van der Waals surface area contributed by atoms with Crippen LogP contribution >= 0.6 is 0 Å². The quantitative estimate of drug-likeness (QED) is 0.857. The van der Waals surface area contributed by atoms with Crippen LogP contribution in [0, 0.1) is 0 Å². The average Bonchev–Trinajstić information content (AvgIpc) is 2.35. The Morgan fingerprint density at radius 1 is 1.35 bits per heavy atom. The molecule has 1 aliphatic rings. The fourth-order valence-corrected chi connectivity index (χ4v) is 1.81. The van der Waals surface area contributed by atoms with Crippen LogP contribution in [-0.4, -0.2) is 37.2 Å². The predicted octanol–water partition coefficient (Wildman–Crippen LogP) is 1.44. The van der Waals surface area contributed by atoms with Gasteiger partial charge in [-0.1, -0.05) is 6.92 Å². The summed E-state index contributed by atoms with van der Waals surface area (Å²) in [4.78, 5) is 11.1. The van der Waals surface area contributed by atoms with Crippen LogP contribution in [0.1, 0.15) is 24.6 Å². The van der Waals surface area contributed by atoms with Gasteiger partial charge in [-0.3, -0.25) is 0 Å². The summed E-state index contributed by atoms with van der Waals surface area (Å²) in [6, 6.07) is 0. The first-order chi connectivity index (χ1) is 8.22. The molecule has 1 N–H and O–H groups in total. The third-order valence-electron chi connectivity index (χ3n) is 2.75. The largest absolute Gasteiger partial charge is 0.376 e. The van der Waals surface area contributed by atoms with E-state index < -0.39 is 0 Å². The van der Waals surface area contributed by atoms with Gasteiger partial charge in [-0.15, -0.1) is 0 Å². The van der Waals surface area contributed by atoms with Gasteiger partial charge in [-0.2, -0.15) is 4.98 Å². The lowest BCUT2D eigenvalue weighted by Crippen LogP contribution is -2.21. The summed E-state index contributed by atoms with van der Waals surface area (Å²) >= 11 is 0. The third kappa shape index (κ3) is 2.66. The molecule has 17 heavy (non-hydrogen) atoms. The van der Waals surface area contributed by atoms with Crippen LogP contribution in [0.15, 0.2) is 0 Å². The van der Waals surface area contributed by atoms with Crippen molar-refractivity contribution in [2.75, 3.05) is 37.5 Å². The van der Waals surface area contributed by atoms with E-state index in [1.807, 2.05) is 19.0 Å². The van der Waals surface area contributed by atoms with Crippen LogP contribution in [0.3, 0.4) is 0 Å². The monoisotopic (exact) mass is 236 g/mol. The zero-order chi connectivity index (χ0) is 12.3. The average molecular weight is 236 g/mol.